The Morgan fingerprint density at radius 2 is 0.739 bits per heavy atom. The minimum absolute atomic E-state index is 0.0830. The first-order valence-electron chi connectivity index (χ1n) is 23.7. The number of benzene rings is 11. The Kier molecular flexibility index (Phi) is 8.96. The highest BCUT2D eigenvalue weighted by Crippen LogP contribution is 2.49. The number of anilines is 6. The van der Waals surface area contributed by atoms with Crippen molar-refractivity contribution in [2.24, 2.45) is 0 Å². The molecule has 0 fully saturated rings. The van der Waals surface area contributed by atoms with Crippen LogP contribution in [0.4, 0.5) is 34.1 Å². The van der Waals surface area contributed by atoms with E-state index in [1.165, 1.54) is 71.6 Å². The van der Waals surface area contributed by atoms with Gasteiger partial charge in [0.25, 0.3) is 6.71 Å². The van der Waals surface area contributed by atoms with E-state index in [0.717, 1.165) is 50.5 Å². The summed E-state index contributed by atoms with van der Waals surface area (Å²) in [5.41, 5.74) is 19.1. The van der Waals surface area contributed by atoms with E-state index in [1.54, 1.807) is 0 Å². The van der Waals surface area contributed by atoms with Gasteiger partial charge >= 0.3 is 0 Å². The molecule has 0 amide bonds. The molecule has 14 rings (SSSR count). The molecule has 2 aliphatic heterocycles. The lowest BCUT2D eigenvalue weighted by Gasteiger charge is -2.45. The molecule has 11 aromatic carbocycles. The van der Waals surface area contributed by atoms with Crippen LogP contribution in [-0.2, 0) is 0 Å². The summed E-state index contributed by atoms with van der Waals surface area (Å²) in [6, 6.07) is 90.2. The molecule has 5 heteroatoms. The normalized spacial score (nSPS) is 12.6. The van der Waals surface area contributed by atoms with Gasteiger partial charge in [0.1, 0.15) is 0 Å². The number of hydrogen-bond donors (Lipinski definition) is 0. The zero-order valence-electron chi connectivity index (χ0n) is 37.5. The molecule has 0 unspecified atom stereocenters. The number of aromatic nitrogens is 2. The van der Waals surface area contributed by atoms with Gasteiger partial charge < -0.3 is 9.80 Å². The Morgan fingerprint density at radius 3 is 1.25 bits per heavy atom. The molecule has 1 aromatic heterocycles. The fourth-order valence-electron chi connectivity index (χ4n) is 11.1. The maximum absolute atomic E-state index is 5.53. The molecule has 0 spiro atoms. The Morgan fingerprint density at radius 1 is 0.319 bits per heavy atom. The van der Waals surface area contributed by atoms with Gasteiger partial charge in [-0.25, -0.2) is 9.97 Å². The van der Waals surface area contributed by atoms with Crippen molar-refractivity contribution < 1.29 is 0 Å². The van der Waals surface area contributed by atoms with Crippen molar-refractivity contribution in [2.45, 2.75) is 0 Å². The van der Waals surface area contributed by atoms with Gasteiger partial charge in [0.05, 0.1) is 11.2 Å². The highest BCUT2D eigenvalue weighted by Gasteiger charge is 2.45. The van der Waals surface area contributed by atoms with Gasteiger partial charge in [-0.3, -0.25) is 0 Å². The van der Waals surface area contributed by atoms with Gasteiger partial charge in [-0.1, -0.05) is 206 Å². The third-order valence-corrected chi connectivity index (χ3v) is 14.2. The first kappa shape index (κ1) is 39.1. The standard InChI is InChI=1S/C64H41BN4/c1-4-16-42(17-5-1)44-28-34-50(35-29-44)68-58-40-49(64-66-57-27-15-14-26-54(57)61(67-64)48-22-8-3-9-23-48)41-59-60(58)65(55-38-32-46-20-10-12-24-52(46)62(55)68)56-39-33-47-21-11-13-25-53(47)63(56)69(59)51-36-30-45(31-37-51)43-18-6-2-7-19-43/h1-41H. The summed E-state index contributed by atoms with van der Waals surface area (Å²) in [6.07, 6.45) is 0. The topological polar surface area (TPSA) is 32.3 Å². The molecule has 2 aliphatic rings. The van der Waals surface area contributed by atoms with Crippen LogP contribution in [0, 0.1) is 0 Å². The maximum atomic E-state index is 5.53. The van der Waals surface area contributed by atoms with Crippen LogP contribution >= 0.6 is 0 Å². The van der Waals surface area contributed by atoms with E-state index in [2.05, 4.69) is 259 Å². The largest absolute Gasteiger partial charge is 0.311 e. The van der Waals surface area contributed by atoms with Gasteiger partial charge in [-0.2, -0.15) is 0 Å². The lowest BCUT2D eigenvalue weighted by Crippen LogP contribution is -2.61. The first-order chi connectivity index (χ1) is 34.2. The SMILES string of the molecule is c1ccc(-c2ccc(N3c4cc(-c5nc(-c6ccccc6)c6ccccc6n5)cc5c4B(c4ccc6ccccc6c43)c3ccc4ccccc4c3N5c3ccc(-c4ccccc4)cc3)cc2)cc1. The number of para-hydroxylation sites is 1. The van der Waals surface area contributed by atoms with E-state index >= 15 is 0 Å². The molecular formula is C64H41BN4. The molecule has 0 radical (unpaired) electrons. The monoisotopic (exact) mass is 876 g/mol. The second kappa shape index (κ2) is 15.8. The van der Waals surface area contributed by atoms with Gasteiger partial charge in [0.15, 0.2) is 5.82 Å². The van der Waals surface area contributed by atoms with Crippen LogP contribution in [0.1, 0.15) is 0 Å². The van der Waals surface area contributed by atoms with Gasteiger partial charge in [-0.15, -0.1) is 0 Å². The van der Waals surface area contributed by atoms with Crippen molar-refractivity contribution in [1.82, 2.24) is 9.97 Å². The third kappa shape index (κ3) is 6.32. The molecule has 3 heterocycles. The van der Waals surface area contributed by atoms with E-state index in [9.17, 15) is 0 Å². The van der Waals surface area contributed by atoms with Crippen LogP contribution in [0.2, 0.25) is 0 Å². The molecule has 0 bridgehead atoms. The van der Waals surface area contributed by atoms with Crippen LogP contribution in [0.25, 0.3) is 77.3 Å². The quantitative estimate of drug-likeness (QED) is 0.156. The Hall–Kier alpha value is -9.06. The predicted molar refractivity (Wildman–Crippen MR) is 290 cm³/mol. The molecule has 69 heavy (non-hydrogen) atoms. The number of fused-ring (bicyclic) bond motifs is 9. The maximum Gasteiger partial charge on any atom is 0.252 e. The minimum atomic E-state index is -0.0830. The van der Waals surface area contributed by atoms with E-state index in [1.807, 2.05) is 0 Å². The summed E-state index contributed by atoms with van der Waals surface area (Å²) >= 11 is 0. The second-order valence-electron chi connectivity index (χ2n) is 18.1. The molecule has 0 N–H and O–H groups in total. The van der Waals surface area contributed by atoms with E-state index in [4.69, 9.17) is 9.97 Å². The van der Waals surface area contributed by atoms with Crippen molar-refractivity contribution in [3.8, 4) is 44.9 Å². The van der Waals surface area contributed by atoms with Crippen LogP contribution in [0.3, 0.4) is 0 Å². The number of hydrogen-bond acceptors (Lipinski definition) is 4. The summed E-state index contributed by atoms with van der Waals surface area (Å²) < 4.78 is 0. The van der Waals surface area contributed by atoms with Gasteiger partial charge in [-0.05, 0) is 91.9 Å². The van der Waals surface area contributed by atoms with Crippen molar-refractivity contribution in [2.75, 3.05) is 9.80 Å². The summed E-state index contributed by atoms with van der Waals surface area (Å²) in [7, 11) is 0. The fourth-order valence-corrected chi connectivity index (χ4v) is 11.1. The predicted octanol–water partition coefficient (Wildman–Crippen LogP) is 14.7. The first-order valence-corrected chi connectivity index (χ1v) is 23.7. The van der Waals surface area contributed by atoms with Gasteiger partial charge in [0, 0.05) is 61.4 Å². The van der Waals surface area contributed by atoms with Crippen molar-refractivity contribution in [3.63, 3.8) is 0 Å². The average molecular weight is 877 g/mol. The van der Waals surface area contributed by atoms with Crippen LogP contribution in [0.5, 0.6) is 0 Å². The molecular weight excluding hydrogens is 836 g/mol. The third-order valence-electron chi connectivity index (χ3n) is 14.2. The van der Waals surface area contributed by atoms with Crippen LogP contribution in [0.15, 0.2) is 249 Å². The number of nitrogens with zero attached hydrogens (tertiary/aromatic N) is 4. The van der Waals surface area contributed by atoms with E-state index < -0.39 is 0 Å². The molecule has 0 saturated carbocycles. The van der Waals surface area contributed by atoms with E-state index in [-0.39, 0.29) is 6.71 Å². The van der Waals surface area contributed by atoms with Crippen LogP contribution < -0.4 is 26.2 Å². The van der Waals surface area contributed by atoms with Crippen LogP contribution in [-0.4, -0.2) is 16.7 Å². The van der Waals surface area contributed by atoms with E-state index in [0.29, 0.717) is 5.82 Å². The summed E-state index contributed by atoms with van der Waals surface area (Å²) in [6.45, 7) is -0.0830. The number of rotatable bonds is 6. The second-order valence-corrected chi connectivity index (χ2v) is 18.1. The lowest BCUT2D eigenvalue weighted by molar-refractivity contribution is 1.21. The lowest BCUT2D eigenvalue weighted by atomic mass is 9.33. The van der Waals surface area contributed by atoms with Gasteiger partial charge in [0.2, 0.25) is 0 Å². The van der Waals surface area contributed by atoms with Crippen molar-refractivity contribution in [3.05, 3.63) is 249 Å². The summed E-state index contributed by atoms with van der Waals surface area (Å²) in [5, 5.41) is 5.82. The fraction of sp³-hybridized carbons (Fsp3) is 0. The zero-order valence-corrected chi connectivity index (χ0v) is 37.5. The summed E-state index contributed by atoms with van der Waals surface area (Å²) in [5.74, 6) is 0.675. The molecule has 12 aromatic rings. The smallest absolute Gasteiger partial charge is 0.252 e. The van der Waals surface area contributed by atoms with Crippen molar-refractivity contribution in [1.29, 1.82) is 0 Å². The average Bonchev–Trinajstić information content (AvgIpc) is 3.43. The molecule has 0 aliphatic carbocycles. The highest BCUT2D eigenvalue weighted by molar-refractivity contribution is 7.00. The molecule has 4 nitrogen and oxygen atoms in total. The Labute approximate surface area is 401 Å². The molecule has 320 valence electrons. The zero-order chi connectivity index (χ0) is 45.4. The molecule has 0 saturated heterocycles. The molecule has 0 atom stereocenters. The minimum Gasteiger partial charge on any atom is -0.311 e. The Balaban J connectivity index is 1.10. The highest BCUT2D eigenvalue weighted by atomic mass is 15.2. The van der Waals surface area contributed by atoms with Crippen molar-refractivity contribution >= 4 is 89.7 Å². The Bertz CT molecular complexity index is 3760. The summed E-state index contributed by atoms with van der Waals surface area (Å²) in [4.78, 5) is 16.0.